The van der Waals surface area contributed by atoms with Gasteiger partial charge in [-0.15, -0.1) is 0 Å². The lowest BCUT2D eigenvalue weighted by Crippen LogP contribution is -2.04. The van der Waals surface area contributed by atoms with Crippen molar-refractivity contribution < 1.29 is 9.90 Å². The molecule has 0 aliphatic heterocycles. The van der Waals surface area contributed by atoms with E-state index in [9.17, 15) is 4.79 Å². The Morgan fingerprint density at radius 3 is 2.77 bits per heavy atom. The van der Waals surface area contributed by atoms with Gasteiger partial charge in [0.15, 0.2) is 5.78 Å². The van der Waals surface area contributed by atoms with Gasteiger partial charge >= 0.3 is 0 Å². The summed E-state index contributed by atoms with van der Waals surface area (Å²) in [6, 6.07) is 6.13. The molecule has 1 rings (SSSR count). The zero-order valence-corrected chi connectivity index (χ0v) is 7.38. The van der Waals surface area contributed by atoms with Crippen molar-refractivity contribution in [3.63, 3.8) is 0 Å². The van der Waals surface area contributed by atoms with Gasteiger partial charge < -0.3 is 5.11 Å². The molecule has 1 aromatic carbocycles. The van der Waals surface area contributed by atoms with Crippen LogP contribution < -0.4 is 0 Å². The number of hydrogen-bond acceptors (Lipinski definition) is 3. The number of rotatable bonds is 2. The largest absolute Gasteiger partial charge is 0.388 e. The van der Waals surface area contributed by atoms with Gasteiger partial charge in [-0.3, -0.25) is 4.79 Å². The summed E-state index contributed by atoms with van der Waals surface area (Å²) in [5.74, 6) is -0.445. The molecular formula is C9H6ClNO2. The molecule has 4 heteroatoms. The molecule has 0 aliphatic rings. The number of benzene rings is 1. The summed E-state index contributed by atoms with van der Waals surface area (Å²) in [7, 11) is 0. The molecule has 0 saturated carbocycles. The molecule has 0 aromatic heterocycles. The van der Waals surface area contributed by atoms with Crippen molar-refractivity contribution in [2.24, 2.45) is 0 Å². The number of carbonyl (C=O) groups is 1. The number of ketones is 1. The fraction of sp³-hybridized carbons (Fsp3) is 0.111. The average Bonchev–Trinajstić information content (AvgIpc) is 2.15. The van der Waals surface area contributed by atoms with Crippen LogP contribution in [0.4, 0.5) is 0 Å². The van der Waals surface area contributed by atoms with Crippen LogP contribution >= 0.6 is 11.6 Å². The van der Waals surface area contributed by atoms with Gasteiger partial charge in [0.05, 0.1) is 11.6 Å². The lowest BCUT2D eigenvalue weighted by molar-refractivity contribution is 0.0903. The van der Waals surface area contributed by atoms with Crippen molar-refractivity contribution in [2.75, 3.05) is 6.61 Å². The molecule has 0 unspecified atom stereocenters. The van der Waals surface area contributed by atoms with Gasteiger partial charge in [-0.1, -0.05) is 11.6 Å². The Kier molecular flexibility index (Phi) is 3.02. The van der Waals surface area contributed by atoms with Crippen molar-refractivity contribution in [1.82, 2.24) is 0 Å². The van der Waals surface area contributed by atoms with Crippen LogP contribution in [0.3, 0.4) is 0 Å². The predicted octanol–water partition coefficient (Wildman–Crippen LogP) is 1.39. The summed E-state index contributed by atoms with van der Waals surface area (Å²) in [6.07, 6.45) is 0. The van der Waals surface area contributed by atoms with Crippen LogP contribution in [0.25, 0.3) is 0 Å². The predicted molar refractivity (Wildman–Crippen MR) is 47.6 cm³/mol. The van der Waals surface area contributed by atoms with E-state index in [1.165, 1.54) is 18.2 Å². The Hall–Kier alpha value is -1.37. The minimum absolute atomic E-state index is 0.256. The van der Waals surface area contributed by atoms with Crippen LogP contribution in [0.5, 0.6) is 0 Å². The Balaban J connectivity index is 3.17. The topological polar surface area (TPSA) is 61.1 Å². The number of hydrogen-bond donors (Lipinski definition) is 1. The number of nitriles is 1. The summed E-state index contributed by atoms with van der Waals surface area (Å²) in [5, 5.41) is 17.4. The van der Waals surface area contributed by atoms with E-state index in [0.29, 0.717) is 10.6 Å². The molecule has 0 heterocycles. The van der Waals surface area contributed by atoms with Crippen LogP contribution in [-0.4, -0.2) is 17.5 Å². The van der Waals surface area contributed by atoms with Crippen LogP contribution in [0, 0.1) is 11.3 Å². The van der Waals surface area contributed by atoms with Crippen molar-refractivity contribution in [2.45, 2.75) is 0 Å². The molecular weight excluding hydrogens is 190 g/mol. The van der Waals surface area contributed by atoms with E-state index in [0.717, 1.165) is 0 Å². The van der Waals surface area contributed by atoms with Gasteiger partial charge in [-0.05, 0) is 18.2 Å². The molecule has 66 valence electrons. The highest BCUT2D eigenvalue weighted by molar-refractivity contribution is 6.31. The summed E-state index contributed by atoms with van der Waals surface area (Å²) < 4.78 is 0. The van der Waals surface area contributed by atoms with Crippen molar-refractivity contribution in [3.8, 4) is 6.07 Å². The van der Waals surface area contributed by atoms with Crippen molar-refractivity contribution >= 4 is 17.4 Å². The van der Waals surface area contributed by atoms with Crippen molar-refractivity contribution in [3.05, 3.63) is 34.3 Å². The summed E-state index contributed by atoms with van der Waals surface area (Å²) in [6.45, 7) is -0.578. The molecule has 0 atom stereocenters. The quantitative estimate of drug-likeness (QED) is 0.726. The van der Waals surface area contributed by atoms with Gasteiger partial charge in [0.25, 0.3) is 0 Å². The van der Waals surface area contributed by atoms with Gasteiger partial charge in [-0.25, -0.2) is 0 Å². The van der Waals surface area contributed by atoms with E-state index in [-0.39, 0.29) is 5.56 Å². The fourth-order valence-electron chi connectivity index (χ4n) is 0.906. The van der Waals surface area contributed by atoms with E-state index in [2.05, 4.69) is 0 Å². The standard InChI is InChI=1S/C9H6ClNO2/c10-8-2-6(4-11)1-7(3-8)9(13)5-12/h1-3,12H,5H2. The highest BCUT2D eigenvalue weighted by atomic mass is 35.5. The number of halogens is 1. The molecule has 13 heavy (non-hydrogen) atoms. The second-order valence-electron chi connectivity index (χ2n) is 2.42. The first kappa shape index (κ1) is 9.72. The van der Waals surface area contributed by atoms with Crippen LogP contribution in [0.15, 0.2) is 18.2 Å². The van der Waals surface area contributed by atoms with Crippen LogP contribution in [-0.2, 0) is 0 Å². The maximum atomic E-state index is 11.0. The minimum Gasteiger partial charge on any atom is -0.388 e. The lowest BCUT2D eigenvalue weighted by atomic mass is 10.1. The smallest absolute Gasteiger partial charge is 0.188 e. The number of nitrogens with zero attached hydrogens (tertiary/aromatic N) is 1. The van der Waals surface area contributed by atoms with Gasteiger partial charge in [0.1, 0.15) is 6.61 Å². The molecule has 1 N–H and O–H groups in total. The Bertz CT molecular complexity index is 382. The molecule has 0 aliphatic carbocycles. The first-order valence-corrected chi connectivity index (χ1v) is 3.90. The number of Topliss-reactive ketones (excluding diaryl/α,β-unsaturated/α-hetero) is 1. The molecule has 0 spiro atoms. The van der Waals surface area contributed by atoms with E-state index in [1.54, 1.807) is 0 Å². The number of aliphatic hydroxyl groups excluding tert-OH is 1. The zero-order valence-electron chi connectivity index (χ0n) is 6.62. The molecule has 0 saturated heterocycles. The van der Waals surface area contributed by atoms with Crippen LogP contribution in [0.2, 0.25) is 5.02 Å². The molecule has 0 bridgehead atoms. The second-order valence-corrected chi connectivity index (χ2v) is 2.86. The molecule has 0 fully saturated rings. The maximum Gasteiger partial charge on any atom is 0.188 e. The summed E-state index contributed by atoms with van der Waals surface area (Å²) in [5.41, 5.74) is 0.566. The molecule has 3 nitrogen and oxygen atoms in total. The normalized spacial score (nSPS) is 9.31. The first-order chi connectivity index (χ1) is 6.17. The Labute approximate surface area is 80.2 Å². The molecule has 0 amide bonds. The zero-order chi connectivity index (χ0) is 9.84. The van der Waals surface area contributed by atoms with Gasteiger partial charge in [0, 0.05) is 10.6 Å². The van der Waals surface area contributed by atoms with Crippen LogP contribution in [0.1, 0.15) is 15.9 Å². The SMILES string of the molecule is N#Cc1cc(Cl)cc(C(=O)CO)c1. The number of aliphatic hydroxyl groups is 1. The third kappa shape index (κ3) is 2.28. The Morgan fingerprint density at radius 1 is 1.54 bits per heavy atom. The van der Waals surface area contributed by atoms with Gasteiger partial charge in [0.2, 0.25) is 0 Å². The average molecular weight is 196 g/mol. The fourth-order valence-corrected chi connectivity index (χ4v) is 1.14. The van der Waals surface area contributed by atoms with E-state index in [1.807, 2.05) is 6.07 Å². The van der Waals surface area contributed by atoms with Crippen molar-refractivity contribution in [1.29, 1.82) is 5.26 Å². The summed E-state index contributed by atoms with van der Waals surface area (Å²) >= 11 is 5.64. The van der Waals surface area contributed by atoms with E-state index < -0.39 is 12.4 Å². The van der Waals surface area contributed by atoms with E-state index in [4.69, 9.17) is 22.0 Å². The van der Waals surface area contributed by atoms with E-state index >= 15 is 0 Å². The minimum atomic E-state index is -0.578. The highest BCUT2D eigenvalue weighted by Gasteiger charge is 2.06. The first-order valence-electron chi connectivity index (χ1n) is 3.52. The Morgan fingerprint density at radius 2 is 2.23 bits per heavy atom. The highest BCUT2D eigenvalue weighted by Crippen LogP contribution is 2.14. The monoisotopic (exact) mass is 195 g/mol. The maximum absolute atomic E-state index is 11.0. The summed E-state index contributed by atoms with van der Waals surface area (Å²) in [4.78, 5) is 11.0. The molecule has 0 radical (unpaired) electrons. The van der Waals surface area contributed by atoms with Gasteiger partial charge in [-0.2, -0.15) is 5.26 Å². The molecule has 1 aromatic rings. The third-order valence-electron chi connectivity index (χ3n) is 1.49. The third-order valence-corrected chi connectivity index (χ3v) is 1.71. The second kappa shape index (κ2) is 4.04. The lowest BCUT2D eigenvalue weighted by Gasteiger charge is -1.98. The number of carbonyl (C=O) groups excluding carboxylic acids is 1.